The largest absolute Gasteiger partial charge is 0.484 e. The van der Waals surface area contributed by atoms with Gasteiger partial charge in [0.2, 0.25) is 0 Å². The summed E-state index contributed by atoms with van der Waals surface area (Å²) >= 11 is 0. The molecule has 0 N–H and O–H groups in total. The highest BCUT2D eigenvalue weighted by Crippen LogP contribution is 2.22. The number of rotatable bonds is 3. The molecular formula is C17H25NO2. The van der Waals surface area contributed by atoms with E-state index in [1.165, 1.54) is 12.0 Å². The predicted octanol–water partition coefficient (Wildman–Crippen LogP) is 3.19. The van der Waals surface area contributed by atoms with Gasteiger partial charge in [-0.25, -0.2) is 0 Å². The first-order valence-corrected chi connectivity index (χ1v) is 7.43. The smallest absolute Gasteiger partial charge is 0.260 e. The summed E-state index contributed by atoms with van der Waals surface area (Å²) in [4.78, 5) is 14.2. The number of amides is 1. The molecule has 1 heterocycles. The quantitative estimate of drug-likeness (QED) is 0.848. The molecule has 1 aliphatic rings. The molecule has 2 rings (SSSR count). The molecular weight excluding hydrogens is 250 g/mol. The number of likely N-dealkylation sites (tertiary alicyclic amines) is 1. The van der Waals surface area contributed by atoms with Gasteiger partial charge in [-0.05, 0) is 43.7 Å². The zero-order valence-electron chi connectivity index (χ0n) is 13.0. The number of carbonyl (C=O) groups is 1. The third-order valence-corrected chi connectivity index (χ3v) is 3.90. The molecule has 1 fully saturated rings. The Bertz CT molecular complexity index is 474. The van der Waals surface area contributed by atoms with E-state index in [4.69, 9.17) is 4.74 Å². The van der Waals surface area contributed by atoms with Gasteiger partial charge in [-0.3, -0.25) is 4.79 Å². The fourth-order valence-electron chi connectivity index (χ4n) is 3.06. The molecule has 0 bridgehead atoms. The number of hydrogen-bond acceptors (Lipinski definition) is 2. The monoisotopic (exact) mass is 275 g/mol. The molecule has 20 heavy (non-hydrogen) atoms. The standard InChI is InChI=1S/C17H25NO2/c1-12-5-6-16(15(4)8-12)20-11-17(19)18-9-13(2)7-14(3)10-18/h5-6,8,13-14H,7,9-11H2,1-4H3/t13-,14-/m0/s1. The summed E-state index contributed by atoms with van der Waals surface area (Å²) < 4.78 is 5.69. The third-order valence-electron chi connectivity index (χ3n) is 3.90. The number of nitrogens with zero attached hydrogens (tertiary/aromatic N) is 1. The molecule has 1 aromatic carbocycles. The van der Waals surface area contributed by atoms with Crippen LogP contribution in [0, 0.1) is 25.7 Å². The first-order valence-electron chi connectivity index (χ1n) is 7.43. The zero-order chi connectivity index (χ0) is 14.7. The lowest BCUT2D eigenvalue weighted by molar-refractivity contribution is -0.136. The van der Waals surface area contributed by atoms with Gasteiger partial charge in [-0.1, -0.05) is 31.5 Å². The molecule has 3 heteroatoms. The van der Waals surface area contributed by atoms with E-state index >= 15 is 0 Å². The average molecular weight is 275 g/mol. The summed E-state index contributed by atoms with van der Waals surface area (Å²) in [7, 11) is 0. The second-order valence-electron chi connectivity index (χ2n) is 6.30. The SMILES string of the molecule is Cc1ccc(OCC(=O)N2C[C@@H](C)C[C@H](C)C2)c(C)c1. The molecule has 0 aliphatic carbocycles. The van der Waals surface area contributed by atoms with Crippen LogP contribution < -0.4 is 4.74 Å². The van der Waals surface area contributed by atoms with Crippen LogP contribution in [0.1, 0.15) is 31.4 Å². The van der Waals surface area contributed by atoms with Crippen LogP contribution in [-0.2, 0) is 4.79 Å². The molecule has 0 aromatic heterocycles. The molecule has 2 atom stereocenters. The number of carbonyl (C=O) groups excluding carboxylic acids is 1. The van der Waals surface area contributed by atoms with E-state index in [0.29, 0.717) is 11.8 Å². The van der Waals surface area contributed by atoms with Gasteiger partial charge in [0.05, 0.1) is 0 Å². The van der Waals surface area contributed by atoms with Gasteiger partial charge in [0.25, 0.3) is 5.91 Å². The van der Waals surface area contributed by atoms with Crippen LogP contribution in [0.4, 0.5) is 0 Å². The molecule has 0 saturated carbocycles. The first-order chi connectivity index (χ1) is 9.45. The number of hydrogen-bond donors (Lipinski definition) is 0. The van der Waals surface area contributed by atoms with E-state index in [1.807, 2.05) is 24.0 Å². The molecule has 1 saturated heterocycles. The number of benzene rings is 1. The number of ether oxygens (including phenoxy) is 1. The van der Waals surface area contributed by atoms with Crippen molar-refractivity contribution in [1.82, 2.24) is 4.90 Å². The Morgan fingerprint density at radius 3 is 2.50 bits per heavy atom. The topological polar surface area (TPSA) is 29.5 Å². The van der Waals surface area contributed by atoms with Crippen molar-refractivity contribution in [1.29, 1.82) is 0 Å². The van der Waals surface area contributed by atoms with E-state index < -0.39 is 0 Å². The van der Waals surface area contributed by atoms with E-state index in [9.17, 15) is 4.79 Å². The highest BCUT2D eigenvalue weighted by Gasteiger charge is 2.25. The van der Waals surface area contributed by atoms with E-state index in [1.54, 1.807) is 0 Å². The Morgan fingerprint density at radius 2 is 1.90 bits per heavy atom. The Kier molecular flexibility index (Phi) is 4.69. The average Bonchev–Trinajstić information content (AvgIpc) is 2.36. The lowest BCUT2D eigenvalue weighted by Crippen LogP contribution is -2.44. The molecule has 0 spiro atoms. The number of piperidine rings is 1. The van der Waals surface area contributed by atoms with Crippen molar-refractivity contribution in [2.45, 2.75) is 34.1 Å². The van der Waals surface area contributed by atoms with Gasteiger partial charge in [-0.15, -0.1) is 0 Å². The molecule has 0 radical (unpaired) electrons. The maximum Gasteiger partial charge on any atom is 0.260 e. The molecule has 1 aromatic rings. The molecule has 1 amide bonds. The van der Waals surface area contributed by atoms with Crippen molar-refractivity contribution < 1.29 is 9.53 Å². The van der Waals surface area contributed by atoms with Crippen molar-refractivity contribution in [3.8, 4) is 5.75 Å². The van der Waals surface area contributed by atoms with Crippen molar-refractivity contribution in [3.05, 3.63) is 29.3 Å². The summed E-state index contributed by atoms with van der Waals surface area (Å²) in [5.41, 5.74) is 2.29. The van der Waals surface area contributed by atoms with Crippen LogP contribution in [0.15, 0.2) is 18.2 Å². The Balaban J connectivity index is 1.91. The van der Waals surface area contributed by atoms with Crippen molar-refractivity contribution in [2.24, 2.45) is 11.8 Å². The normalized spacial score (nSPS) is 22.7. The van der Waals surface area contributed by atoms with Gasteiger partial charge in [0.1, 0.15) is 5.75 Å². The maximum absolute atomic E-state index is 12.2. The lowest BCUT2D eigenvalue weighted by atomic mass is 9.92. The molecule has 110 valence electrons. The zero-order valence-corrected chi connectivity index (χ0v) is 13.0. The van der Waals surface area contributed by atoms with Crippen LogP contribution in [-0.4, -0.2) is 30.5 Å². The van der Waals surface area contributed by atoms with Crippen LogP contribution in [0.2, 0.25) is 0 Å². The fourth-order valence-corrected chi connectivity index (χ4v) is 3.06. The summed E-state index contributed by atoms with van der Waals surface area (Å²) in [6.07, 6.45) is 1.21. The van der Waals surface area contributed by atoms with E-state index in [-0.39, 0.29) is 12.5 Å². The van der Waals surface area contributed by atoms with Gasteiger partial charge in [-0.2, -0.15) is 0 Å². The number of aryl methyl sites for hydroxylation is 2. The van der Waals surface area contributed by atoms with Gasteiger partial charge in [0, 0.05) is 13.1 Å². The van der Waals surface area contributed by atoms with Crippen LogP contribution >= 0.6 is 0 Å². The summed E-state index contributed by atoms with van der Waals surface area (Å²) in [6.45, 7) is 10.3. The predicted molar refractivity (Wildman–Crippen MR) is 80.9 cm³/mol. The van der Waals surface area contributed by atoms with E-state index in [2.05, 4.69) is 26.8 Å². The van der Waals surface area contributed by atoms with Gasteiger partial charge >= 0.3 is 0 Å². The Labute approximate surface area is 121 Å². The molecule has 0 unspecified atom stereocenters. The fraction of sp³-hybridized carbons (Fsp3) is 0.588. The van der Waals surface area contributed by atoms with Crippen LogP contribution in [0.5, 0.6) is 5.75 Å². The minimum absolute atomic E-state index is 0.100. The Hall–Kier alpha value is -1.51. The Morgan fingerprint density at radius 1 is 1.25 bits per heavy atom. The van der Waals surface area contributed by atoms with Gasteiger partial charge in [0.15, 0.2) is 6.61 Å². The van der Waals surface area contributed by atoms with Crippen molar-refractivity contribution in [3.63, 3.8) is 0 Å². The van der Waals surface area contributed by atoms with Crippen molar-refractivity contribution in [2.75, 3.05) is 19.7 Å². The highest BCUT2D eigenvalue weighted by molar-refractivity contribution is 5.78. The molecule has 3 nitrogen and oxygen atoms in total. The highest BCUT2D eigenvalue weighted by atomic mass is 16.5. The third kappa shape index (κ3) is 3.75. The minimum atomic E-state index is 0.100. The second kappa shape index (κ2) is 6.29. The van der Waals surface area contributed by atoms with Crippen LogP contribution in [0.25, 0.3) is 0 Å². The molecule has 1 aliphatic heterocycles. The van der Waals surface area contributed by atoms with Crippen molar-refractivity contribution >= 4 is 5.91 Å². The first kappa shape index (κ1) is 14.9. The summed E-state index contributed by atoms with van der Waals surface area (Å²) in [6, 6.07) is 6.03. The lowest BCUT2D eigenvalue weighted by Gasteiger charge is -2.34. The minimum Gasteiger partial charge on any atom is -0.484 e. The second-order valence-corrected chi connectivity index (χ2v) is 6.30. The maximum atomic E-state index is 12.2. The summed E-state index contributed by atoms with van der Waals surface area (Å²) in [5, 5.41) is 0. The summed E-state index contributed by atoms with van der Waals surface area (Å²) in [5.74, 6) is 2.08. The van der Waals surface area contributed by atoms with E-state index in [0.717, 1.165) is 24.4 Å². The van der Waals surface area contributed by atoms with Gasteiger partial charge < -0.3 is 9.64 Å². The van der Waals surface area contributed by atoms with Crippen LogP contribution in [0.3, 0.4) is 0 Å².